The van der Waals surface area contributed by atoms with Crippen LogP contribution in [0.2, 0.25) is 0 Å². The molecule has 27 heavy (non-hydrogen) atoms. The van der Waals surface area contributed by atoms with Crippen molar-refractivity contribution in [1.29, 1.82) is 0 Å². The topological polar surface area (TPSA) is 103 Å². The van der Waals surface area contributed by atoms with Crippen molar-refractivity contribution in [3.8, 4) is 5.69 Å². The van der Waals surface area contributed by atoms with Gasteiger partial charge < -0.3 is 15.0 Å². The highest BCUT2D eigenvalue weighted by Gasteiger charge is 2.29. The van der Waals surface area contributed by atoms with E-state index >= 15 is 0 Å². The number of aryl methyl sites for hydroxylation is 2. The van der Waals surface area contributed by atoms with Gasteiger partial charge in [-0.15, -0.1) is 0 Å². The van der Waals surface area contributed by atoms with Gasteiger partial charge in [0.25, 0.3) is 5.91 Å². The number of nitrogens with two attached hydrogens (primary N) is 1. The lowest BCUT2D eigenvalue weighted by molar-refractivity contribution is -0.130. The van der Waals surface area contributed by atoms with E-state index in [0.29, 0.717) is 11.3 Å². The Hall–Kier alpha value is -3.09. The largest absolute Gasteiger partial charge is 0.448 e. The first-order valence-corrected chi connectivity index (χ1v) is 8.69. The lowest BCUT2D eigenvalue weighted by Crippen LogP contribution is -2.45. The molecule has 0 aliphatic rings. The second-order valence-electron chi connectivity index (χ2n) is 6.88. The van der Waals surface area contributed by atoms with Crippen LogP contribution in [0, 0.1) is 26.7 Å². The number of primary amides is 1. The summed E-state index contributed by atoms with van der Waals surface area (Å²) in [6, 6.07) is 8.67. The van der Waals surface area contributed by atoms with E-state index in [1.807, 2.05) is 54.9 Å². The van der Waals surface area contributed by atoms with Crippen molar-refractivity contribution in [2.24, 2.45) is 11.7 Å². The van der Waals surface area contributed by atoms with Gasteiger partial charge in [0.1, 0.15) is 0 Å². The van der Waals surface area contributed by atoms with Crippen LogP contribution in [0.1, 0.15) is 41.2 Å². The van der Waals surface area contributed by atoms with Crippen LogP contribution in [-0.4, -0.2) is 28.6 Å². The van der Waals surface area contributed by atoms with Crippen molar-refractivity contribution in [3.05, 3.63) is 52.8 Å². The number of imide groups is 1. The van der Waals surface area contributed by atoms with Gasteiger partial charge in [-0.05, 0) is 44.9 Å². The first-order valence-electron chi connectivity index (χ1n) is 8.69. The van der Waals surface area contributed by atoms with Gasteiger partial charge in [0.2, 0.25) is 0 Å². The normalized spacial score (nSPS) is 11.9. The number of amides is 3. The highest BCUT2D eigenvalue weighted by molar-refractivity contribution is 5.98. The van der Waals surface area contributed by atoms with E-state index in [1.54, 1.807) is 19.9 Å². The summed E-state index contributed by atoms with van der Waals surface area (Å²) in [6.07, 6.45) is -1.12. The highest BCUT2D eigenvalue weighted by atomic mass is 16.5. The van der Waals surface area contributed by atoms with Crippen LogP contribution < -0.4 is 11.1 Å². The number of urea groups is 1. The Balaban J connectivity index is 2.31. The summed E-state index contributed by atoms with van der Waals surface area (Å²) in [5.74, 6) is -1.69. The number of benzene rings is 1. The van der Waals surface area contributed by atoms with E-state index in [0.717, 1.165) is 16.9 Å². The number of nitrogens with zero attached hydrogens (tertiary/aromatic N) is 1. The summed E-state index contributed by atoms with van der Waals surface area (Å²) in [5.41, 5.74) is 8.99. The molecule has 1 aromatic carbocycles. The van der Waals surface area contributed by atoms with Crippen molar-refractivity contribution in [2.45, 2.75) is 40.7 Å². The Bertz CT molecular complexity index is 866. The molecule has 7 nitrogen and oxygen atoms in total. The number of carbonyl (C=O) groups excluding carboxylic acids is 3. The molecular weight excluding hydrogens is 346 g/mol. The van der Waals surface area contributed by atoms with E-state index in [2.05, 4.69) is 0 Å². The van der Waals surface area contributed by atoms with Gasteiger partial charge in [-0.2, -0.15) is 0 Å². The van der Waals surface area contributed by atoms with Gasteiger partial charge >= 0.3 is 12.0 Å². The van der Waals surface area contributed by atoms with Crippen molar-refractivity contribution >= 4 is 17.9 Å². The van der Waals surface area contributed by atoms with Crippen LogP contribution in [0.4, 0.5) is 4.79 Å². The fourth-order valence-corrected chi connectivity index (χ4v) is 2.92. The fraction of sp³-hybridized carbons (Fsp3) is 0.350. The molecule has 3 amide bonds. The summed E-state index contributed by atoms with van der Waals surface area (Å²) in [4.78, 5) is 35.7. The van der Waals surface area contributed by atoms with Gasteiger partial charge in [-0.3, -0.25) is 10.1 Å². The zero-order chi connectivity index (χ0) is 20.3. The maximum atomic E-state index is 12.7. The number of hydrogen-bond acceptors (Lipinski definition) is 4. The van der Waals surface area contributed by atoms with Crippen molar-refractivity contribution in [2.75, 3.05) is 0 Å². The van der Waals surface area contributed by atoms with E-state index in [1.165, 1.54) is 0 Å². The molecule has 0 aliphatic heterocycles. The zero-order valence-corrected chi connectivity index (χ0v) is 16.2. The van der Waals surface area contributed by atoms with Gasteiger partial charge in [0.15, 0.2) is 6.10 Å². The molecule has 0 saturated carbocycles. The Morgan fingerprint density at radius 2 is 1.67 bits per heavy atom. The molecule has 0 radical (unpaired) electrons. The van der Waals surface area contributed by atoms with Gasteiger partial charge in [-0.25, -0.2) is 9.59 Å². The number of ether oxygens (including phenoxy) is 1. The Kier molecular flexibility index (Phi) is 6.05. The third-order valence-corrected chi connectivity index (χ3v) is 4.29. The lowest BCUT2D eigenvalue weighted by atomic mass is 10.1. The second kappa shape index (κ2) is 8.07. The predicted octanol–water partition coefficient (Wildman–Crippen LogP) is 2.78. The Morgan fingerprint density at radius 3 is 2.19 bits per heavy atom. The Morgan fingerprint density at radius 1 is 1.07 bits per heavy atom. The smallest absolute Gasteiger partial charge is 0.340 e. The monoisotopic (exact) mass is 371 g/mol. The van der Waals surface area contributed by atoms with E-state index in [4.69, 9.17) is 10.5 Å². The third-order valence-electron chi connectivity index (χ3n) is 4.29. The zero-order valence-electron chi connectivity index (χ0n) is 16.2. The molecule has 0 aliphatic carbocycles. The average molecular weight is 371 g/mol. The van der Waals surface area contributed by atoms with Crippen LogP contribution >= 0.6 is 0 Å². The standard InChI is InChI=1S/C20H25N3O4/c1-11(2)17(18(24)22-20(21)26)27-19(25)16-10-13(4)23(14(16)5)15-8-6-12(3)7-9-15/h6-11,17H,1-5H3,(H3,21,22,24,26)/t17-/m1/s1. The molecule has 7 heteroatoms. The van der Waals surface area contributed by atoms with Crippen molar-refractivity contribution in [1.82, 2.24) is 9.88 Å². The van der Waals surface area contributed by atoms with Crippen LogP contribution in [0.15, 0.2) is 30.3 Å². The second-order valence-corrected chi connectivity index (χ2v) is 6.88. The third kappa shape index (κ3) is 4.55. The quantitative estimate of drug-likeness (QED) is 0.789. The summed E-state index contributed by atoms with van der Waals surface area (Å²) in [5, 5.41) is 1.96. The molecule has 3 N–H and O–H groups in total. The van der Waals surface area contributed by atoms with Crippen molar-refractivity contribution < 1.29 is 19.1 Å². The maximum absolute atomic E-state index is 12.7. The first kappa shape index (κ1) is 20.2. The van der Waals surface area contributed by atoms with Crippen LogP contribution in [0.25, 0.3) is 5.69 Å². The highest BCUT2D eigenvalue weighted by Crippen LogP contribution is 2.23. The van der Waals surface area contributed by atoms with Crippen LogP contribution in [0.5, 0.6) is 0 Å². The molecular formula is C20H25N3O4. The minimum absolute atomic E-state index is 0.325. The molecule has 0 fully saturated rings. The van der Waals surface area contributed by atoms with Crippen LogP contribution in [0.3, 0.4) is 0 Å². The van der Waals surface area contributed by atoms with E-state index in [9.17, 15) is 14.4 Å². The lowest BCUT2D eigenvalue weighted by Gasteiger charge is -2.20. The number of hydrogen-bond donors (Lipinski definition) is 2. The molecule has 2 aromatic rings. The summed E-state index contributed by atoms with van der Waals surface area (Å²) < 4.78 is 7.34. The molecule has 0 spiro atoms. The predicted molar refractivity (Wildman–Crippen MR) is 102 cm³/mol. The van der Waals surface area contributed by atoms with Gasteiger partial charge in [0, 0.05) is 17.1 Å². The molecule has 1 aromatic heterocycles. The molecule has 144 valence electrons. The molecule has 1 heterocycles. The minimum atomic E-state index is -1.12. The molecule has 0 saturated heterocycles. The molecule has 0 unspecified atom stereocenters. The summed E-state index contributed by atoms with van der Waals surface area (Å²) in [6.45, 7) is 9.15. The molecule has 2 rings (SSSR count). The van der Waals surface area contributed by atoms with Crippen molar-refractivity contribution in [3.63, 3.8) is 0 Å². The maximum Gasteiger partial charge on any atom is 0.340 e. The van der Waals surface area contributed by atoms with Gasteiger partial charge in [-0.1, -0.05) is 31.5 Å². The minimum Gasteiger partial charge on any atom is -0.448 e. The van der Waals surface area contributed by atoms with Gasteiger partial charge in [0.05, 0.1) is 5.56 Å². The van der Waals surface area contributed by atoms with E-state index in [-0.39, 0.29) is 5.92 Å². The molecule has 1 atom stereocenters. The number of rotatable bonds is 5. The number of nitrogens with one attached hydrogen (secondary N) is 1. The Labute approximate surface area is 158 Å². The number of esters is 1. The van der Waals surface area contributed by atoms with E-state index < -0.39 is 24.0 Å². The summed E-state index contributed by atoms with van der Waals surface area (Å²) >= 11 is 0. The average Bonchev–Trinajstić information content (AvgIpc) is 2.87. The fourth-order valence-electron chi connectivity index (χ4n) is 2.92. The molecule has 0 bridgehead atoms. The summed E-state index contributed by atoms with van der Waals surface area (Å²) in [7, 11) is 0. The first-order chi connectivity index (χ1) is 12.6. The SMILES string of the molecule is Cc1ccc(-n2c(C)cc(C(=O)O[C@@H](C(=O)NC(N)=O)C(C)C)c2C)cc1. The number of carbonyl (C=O) groups is 3. The van der Waals surface area contributed by atoms with Crippen LogP contribution in [-0.2, 0) is 9.53 Å². The number of aromatic nitrogens is 1.